The maximum Gasteiger partial charge on any atom is 0.252 e. The number of nitrogens with zero attached hydrogens (tertiary/aromatic N) is 1. The second-order valence-corrected chi connectivity index (χ2v) is 5.40. The SMILES string of the molecule is CC(CN)c1cccc2c3c(cnc12)CCCNC3=O. The van der Waals surface area contributed by atoms with Crippen LogP contribution in [0.25, 0.3) is 10.9 Å². The lowest BCUT2D eigenvalue weighted by molar-refractivity contribution is 0.0957. The van der Waals surface area contributed by atoms with Crippen LogP contribution < -0.4 is 11.1 Å². The summed E-state index contributed by atoms with van der Waals surface area (Å²) in [6.45, 7) is 3.39. The highest BCUT2D eigenvalue weighted by Crippen LogP contribution is 2.28. The average Bonchev–Trinajstić information content (AvgIpc) is 2.67. The fourth-order valence-electron chi connectivity index (χ4n) is 2.84. The lowest BCUT2D eigenvalue weighted by Gasteiger charge is -2.14. The van der Waals surface area contributed by atoms with E-state index in [1.54, 1.807) is 0 Å². The number of hydrogen-bond donors (Lipinski definition) is 2. The molecule has 0 aliphatic carbocycles. The van der Waals surface area contributed by atoms with Crippen molar-refractivity contribution in [2.45, 2.75) is 25.7 Å². The molecule has 1 aromatic carbocycles. The number of pyridine rings is 1. The molecule has 0 spiro atoms. The molecule has 1 atom stereocenters. The van der Waals surface area contributed by atoms with Crippen LogP contribution in [0.5, 0.6) is 0 Å². The van der Waals surface area contributed by atoms with Gasteiger partial charge in [-0.2, -0.15) is 0 Å². The Balaban J connectivity index is 2.28. The number of rotatable bonds is 2. The van der Waals surface area contributed by atoms with E-state index in [1.807, 2.05) is 24.4 Å². The summed E-state index contributed by atoms with van der Waals surface area (Å²) in [6.07, 6.45) is 3.72. The molecule has 4 nitrogen and oxygen atoms in total. The van der Waals surface area contributed by atoms with E-state index in [0.717, 1.165) is 47.0 Å². The van der Waals surface area contributed by atoms with E-state index in [2.05, 4.69) is 17.2 Å². The third kappa shape index (κ3) is 2.06. The number of hydrogen-bond acceptors (Lipinski definition) is 3. The van der Waals surface area contributed by atoms with Crippen LogP contribution in [0.1, 0.15) is 40.7 Å². The first-order valence-electron chi connectivity index (χ1n) is 7.11. The number of aromatic nitrogens is 1. The number of nitrogens with two attached hydrogens (primary N) is 1. The smallest absolute Gasteiger partial charge is 0.252 e. The van der Waals surface area contributed by atoms with Gasteiger partial charge in [0, 0.05) is 18.1 Å². The van der Waals surface area contributed by atoms with Gasteiger partial charge in [-0.25, -0.2) is 0 Å². The summed E-state index contributed by atoms with van der Waals surface area (Å²) in [5.74, 6) is 0.251. The van der Waals surface area contributed by atoms with Crippen molar-refractivity contribution in [1.82, 2.24) is 10.3 Å². The molecule has 1 amide bonds. The van der Waals surface area contributed by atoms with Gasteiger partial charge in [0.2, 0.25) is 0 Å². The average molecular weight is 269 g/mol. The Morgan fingerprint density at radius 3 is 3.10 bits per heavy atom. The number of fused-ring (bicyclic) bond motifs is 3. The maximum absolute atomic E-state index is 12.3. The van der Waals surface area contributed by atoms with Crippen LogP contribution in [-0.4, -0.2) is 24.0 Å². The van der Waals surface area contributed by atoms with Crippen molar-refractivity contribution in [3.8, 4) is 0 Å². The number of amides is 1. The fourth-order valence-corrected chi connectivity index (χ4v) is 2.84. The number of aryl methyl sites for hydroxylation is 1. The Kier molecular flexibility index (Phi) is 3.40. The number of benzene rings is 1. The molecule has 3 rings (SSSR count). The predicted octanol–water partition coefficient (Wildman–Crippen LogP) is 1.97. The van der Waals surface area contributed by atoms with Crippen LogP contribution >= 0.6 is 0 Å². The highest BCUT2D eigenvalue weighted by Gasteiger charge is 2.20. The molecule has 2 heterocycles. The topological polar surface area (TPSA) is 68.0 Å². The quantitative estimate of drug-likeness (QED) is 0.876. The maximum atomic E-state index is 12.3. The Hall–Kier alpha value is -1.94. The van der Waals surface area contributed by atoms with Crippen molar-refractivity contribution in [2.75, 3.05) is 13.1 Å². The summed E-state index contributed by atoms with van der Waals surface area (Å²) in [7, 11) is 0. The Labute approximate surface area is 118 Å². The van der Waals surface area contributed by atoms with Gasteiger partial charge in [0.25, 0.3) is 5.91 Å². The van der Waals surface area contributed by atoms with Gasteiger partial charge in [-0.15, -0.1) is 0 Å². The van der Waals surface area contributed by atoms with Crippen LogP contribution in [0.2, 0.25) is 0 Å². The van der Waals surface area contributed by atoms with Crippen LogP contribution in [-0.2, 0) is 6.42 Å². The molecule has 1 aliphatic rings. The summed E-state index contributed by atoms with van der Waals surface area (Å²) in [5, 5.41) is 3.91. The second-order valence-electron chi connectivity index (χ2n) is 5.40. The van der Waals surface area contributed by atoms with Gasteiger partial charge < -0.3 is 11.1 Å². The molecule has 20 heavy (non-hydrogen) atoms. The lowest BCUT2D eigenvalue weighted by Crippen LogP contribution is -2.23. The molecule has 0 saturated carbocycles. The van der Waals surface area contributed by atoms with E-state index >= 15 is 0 Å². The zero-order valence-electron chi connectivity index (χ0n) is 11.6. The van der Waals surface area contributed by atoms with E-state index in [-0.39, 0.29) is 11.8 Å². The molecule has 0 fully saturated rings. The molecule has 1 unspecified atom stereocenters. The number of para-hydroxylation sites is 1. The first kappa shape index (κ1) is 13.1. The van der Waals surface area contributed by atoms with Crippen LogP contribution in [0, 0.1) is 0 Å². The van der Waals surface area contributed by atoms with E-state index < -0.39 is 0 Å². The highest BCUT2D eigenvalue weighted by molar-refractivity contribution is 6.08. The summed E-state index contributed by atoms with van der Waals surface area (Å²) >= 11 is 0. The zero-order chi connectivity index (χ0) is 14.1. The molecule has 1 aliphatic heterocycles. The molecular formula is C16H19N3O. The van der Waals surface area contributed by atoms with Crippen LogP contribution in [0.3, 0.4) is 0 Å². The Bertz CT molecular complexity index is 666. The molecule has 4 heteroatoms. The predicted molar refractivity (Wildman–Crippen MR) is 79.9 cm³/mol. The molecule has 0 saturated heterocycles. The van der Waals surface area contributed by atoms with E-state index in [1.165, 1.54) is 0 Å². The molecular weight excluding hydrogens is 250 g/mol. The molecule has 104 valence electrons. The van der Waals surface area contributed by atoms with Gasteiger partial charge in [-0.1, -0.05) is 25.1 Å². The Morgan fingerprint density at radius 2 is 2.30 bits per heavy atom. The number of carbonyl (C=O) groups is 1. The van der Waals surface area contributed by atoms with E-state index in [4.69, 9.17) is 5.73 Å². The van der Waals surface area contributed by atoms with Gasteiger partial charge in [0.1, 0.15) is 0 Å². The van der Waals surface area contributed by atoms with Gasteiger partial charge >= 0.3 is 0 Å². The third-order valence-electron chi connectivity index (χ3n) is 4.03. The number of carbonyl (C=O) groups excluding carboxylic acids is 1. The van der Waals surface area contributed by atoms with Crippen molar-refractivity contribution in [1.29, 1.82) is 0 Å². The summed E-state index contributed by atoms with van der Waals surface area (Å²) in [4.78, 5) is 16.9. The summed E-state index contributed by atoms with van der Waals surface area (Å²) < 4.78 is 0. The summed E-state index contributed by atoms with van der Waals surface area (Å²) in [6, 6.07) is 6.02. The molecule has 0 bridgehead atoms. The van der Waals surface area contributed by atoms with Crippen LogP contribution in [0.4, 0.5) is 0 Å². The van der Waals surface area contributed by atoms with E-state index in [0.29, 0.717) is 6.54 Å². The zero-order valence-corrected chi connectivity index (χ0v) is 11.6. The largest absolute Gasteiger partial charge is 0.352 e. The fraction of sp³-hybridized carbons (Fsp3) is 0.375. The molecule has 3 N–H and O–H groups in total. The van der Waals surface area contributed by atoms with Gasteiger partial charge in [0.05, 0.1) is 11.1 Å². The normalized spacial score (nSPS) is 16.4. The van der Waals surface area contributed by atoms with Crippen LogP contribution in [0.15, 0.2) is 24.4 Å². The van der Waals surface area contributed by atoms with Crippen molar-refractivity contribution in [2.24, 2.45) is 5.73 Å². The minimum atomic E-state index is 0.0162. The second kappa shape index (κ2) is 5.21. The van der Waals surface area contributed by atoms with Crippen molar-refractivity contribution in [3.63, 3.8) is 0 Å². The molecule has 2 aromatic rings. The molecule has 0 radical (unpaired) electrons. The minimum absolute atomic E-state index is 0.0162. The first-order chi connectivity index (χ1) is 9.72. The van der Waals surface area contributed by atoms with Gasteiger partial charge in [0.15, 0.2) is 0 Å². The third-order valence-corrected chi connectivity index (χ3v) is 4.03. The Morgan fingerprint density at radius 1 is 1.45 bits per heavy atom. The van der Waals surface area contributed by atoms with Crippen molar-refractivity contribution in [3.05, 3.63) is 41.1 Å². The highest BCUT2D eigenvalue weighted by atomic mass is 16.1. The standard InChI is InChI=1S/C16H19N3O/c1-10(8-17)12-5-2-6-13-14-11(9-19-15(12)13)4-3-7-18-16(14)20/h2,5-6,9-10H,3-4,7-8,17H2,1H3,(H,18,20). The first-order valence-corrected chi connectivity index (χ1v) is 7.11. The van der Waals surface area contributed by atoms with Gasteiger partial charge in [-0.05, 0) is 36.4 Å². The minimum Gasteiger partial charge on any atom is -0.352 e. The van der Waals surface area contributed by atoms with Crippen molar-refractivity contribution >= 4 is 16.8 Å². The number of nitrogens with one attached hydrogen (secondary N) is 1. The van der Waals surface area contributed by atoms with E-state index in [9.17, 15) is 4.79 Å². The van der Waals surface area contributed by atoms with Crippen molar-refractivity contribution < 1.29 is 4.79 Å². The summed E-state index contributed by atoms with van der Waals surface area (Å²) in [5.41, 5.74) is 9.63. The lowest BCUT2D eigenvalue weighted by atomic mass is 9.94. The van der Waals surface area contributed by atoms with Gasteiger partial charge in [-0.3, -0.25) is 9.78 Å². The molecule has 1 aromatic heterocycles. The monoisotopic (exact) mass is 269 g/mol.